The van der Waals surface area contributed by atoms with E-state index in [-0.39, 0.29) is 18.5 Å². The number of rotatable bonds is 12. The molecule has 2 aliphatic carbocycles. The molecule has 0 spiro atoms. The van der Waals surface area contributed by atoms with Gasteiger partial charge in [-0.1, -0.05) is 26.2 Å². The summed E-state index contributed by atoms with van der Waals surface area (Å²) in [5.74, 6) is 2.73. The van der Waals surface area contributed by atoms with E-state index in [1.165, 1.54) is 36.8 Å². The molecule has 3 atom stereocenters. The van der Waals surface area contributed by atoms with Crippen molar-refractivity contribution >= 4 is 17.5 Å². The van der Waals surface area contributed by atoms with Gasteiger partial charge in [0.05, 0.1) is 0 Å². The molecule has 0 saturated heterocycles. The fraction of sp³-hybridized carbons (Fsp3) is 0.739. The zero-order chi connectivity index (χ0) is 20.1. The number of pyridine rings is 1. The molecule has 0 N–H and O–H groups in total. The van der Waals surface area contributed by atoms with Gasteiger partial charge >= 0.3 is 0 Å². The van der Waals surface area contributed by atoms with Crippen LogP contribution in [0.2, 0.25) is 0 Å². The van der Waals surface area contributed by atoms with Crippen LogP contribution in [0.25, 0.3) is 0 Å². The van der Waals surface area contributed by atoms with E-state index >= 15 is 0 Å². The van der Waals surface area contributed by atoms with Gasteiger partial charge < -0.3 is 9.47 Å². The number of aromatic nitrogens is 1. The summed E-state index contributed by atoms with van der Waals surface area (Å²) in [6.07, 6.45) is 12.3. The predicted molar refractivity (Wildman–Crippen MR) is 115 cm³/mol. The van der Waals surface area contributed by atoms with Crippen LogP contribution in [0.5, 0.6) is 0 Å². The average Bonchev–Trinajstić information content (AvgIpc) is 3.41. The number of nitrogens with zero attached hydrogens (tertiary/aromatic N) is 1. The highest BCUT2D eigenvalue weighted by Gasteiger charge is 2.43. The fourth-order valence-electron chi connectivity index (χ4n) is 4.67. The van der Waals surface area contributed by atoms with Gasteiger partial charge in [0.2, 0.25) is 0 Å². The molecule has 1 saturated carbocycles. The van der Waals surface area contributed by atoms with Crippen LogP contribution >= 0.6 is 11.8 Å². The number of fused-ring (bicyclic) bond motifs is 1. The minimum atomic E-state index is -0.882. The zero-order valence-electron chi connectivity index (χ0n) is 17.8. The Labute approximate surface area is 174 Å². The first-order chi connectivity index (χ1) is 13.5. The third kappa shape index (κ3) is 4.98. The molecule has 0 amide bonds. The third-order valence-corrected chi connectivity index (χ3v) is 7.43. The molecule has 3 rings (SSSR count). The summed E-state index contributed by atoms with van der Waals surface area (Å²) in [6, 6.07) is 2.17. The molecule has 4 nitrogen and oxygen atoms in total. The standard InChI is InChI=1S/C23H35NO3S/c1-16(14-28-4)23(17(2)25,27-15-26-3)13-22-21-12-19(8-7-18-5-6-18)11-20(21)9-10-24-22/h9-10,16,18-19H,5-8,11-15H2,1-4H3/t16?,19?,23-/m1/s1. The Balaban J connectivity index is 1.81. The fourth-order valence-corrected chi connectivity index (χ4v) is 5.43. The first-order valence-corrected chi connectivity index (χ1v) is 12.0. The van der Waals surface area contributed by atoms with Crippen molar-refractivity contribution in [3.63, 3.8) is 0 Å². The largest absolute Gasteiger partial charge is 0.359 e. The monoisotopic (exact) mass is 405 g/mol. The number of methoxy groups -OCH3 is 1. The second-order valence-corrected chi connectivity index (χ2v) is 9.63. The smallest absolute Gasteiger partial charge is 0.162 e. The Hall–Kier alpha value is -0.910. The number of hydrogen-bond acceptors (Lipinski definition) is 5. The lowest BCUT2D eigenvalue weighted by molar-refractivity contribution is -0.171. The summed E-state index contributed by atoms with van der Waals surface area (Å²) >= 11 is 1.75. The van der Waals surface area contributed by atoms with Crippen molar-refractivity contribution in [1.82, 2.24) is 4.98 Å². The molecule has 1 fully saturated rings. The Morgan fingerprint density at radius 2 is 2.07 bits per heavy atom. The molecule has 2 aliphatic rings. The molecule has 156 valence electrons. The molecule has 1 aromatic rings. The lowest BCUT2D eigenvalue weighted by atomic mass is 9.81. The molecule has 0 bridgehead atoms. The summed E-state index contributed by atoms with van der Waals surface area (Å²) in [5.41, 5.74) is 2.96. The SMILES string of the molecule is COCO[C@@](Cc1nccc2c1CC(CCC1CC1)C2)(C(C)=O)C(C)CSC. The van der Waals surface area contributed by atoms with E-state index in [2.05, 4.69) is 19.2 Å². The quantitative estimate of drug-likeness (QED) is 0.480. The van der Waals surface area contributed by atoms with Crippen molar-refractivity contribution in [3.05, 3.63) is 29.1 Å². The summed E-state index contributed by atoms with van der Waals surface area (Å²) in [5, 5.41) is 0. The van der Waals surface area contributed by atoms with Gasteiger partial charge in [0.1, 0.15) is 12.4 Å². The van der Waals surface area contributed by atoms with Gasteiger partial charge in [-0.2, -0.15) is 11.8 Å². The van der Waals surface area contributed by atoms with Crippen LogP contribution in [-0.2, 0) is 33.5 Å². The molecule has 0 aromatic carbocycles. The van der Waals surface area contributed by atoms with Gasteiger partial charge in [-0.15, -0.1) is 0 Å². The van der Waals surface area contributed by atoms with Crippen molar-refractivity contribution in [1.29, 1.82) is 0 Å². The highest BCUT2D eigenvalue weighted by Crippen LogP contribution is 2.39. The average molecular weight is 406 g/mol. The van der Waals surface area contributed by atoms with Crippen LogP contribution in [0.3, 0.4) is 0 Å². The molecule has 0 aliphatic heterocycles. The minimum Gasteiger partial charge on any atom is -0.359 e. The zero-order valence-corrected chi connectivity index (χ0v) is 18.6. The maximum Gasteiger partial charge on any atom is 0.162 e. The van der Waals surface area contributed by atoms with Crippen LogP contribution in [-0.4, -0.2) is 42.3 Å². The number of hydrogen-bond donors (Lipinski definition) is 0. The number of carbonyl (C=O) groups excluding carboxylic acids is 1. The van der Waals surface area contributed by atoms with Crippen LogP contribution in [0.4, 0.5) is 0 Å². The van der Waals surface area contributed by atoms with E-state index < -0.39 is 5.60 Å². The highest BCUT2D eigenvalue weighted by atomic mass is 32.2. The number of thioether (sulfide) groups is 1. The third-order valence-electron chi connectivity index (χ3n) is 6.60. The van der Waals surface area contributed by atoms with Crippen molar-refractivity contribution in [2.75, 3.05) is 25.9 Å². The van der Waals surface area contributed by atoms with Crippen LogP contribution in [0.15, 0.2) is 12.3 Å². The van der Waals surface area contributed by atoms with Crippen LogP contribution in [0.1, 0.15) is 56.4 Å². The number of Topliss-reactive ketones (excluding diaryl/α,β-unsaturated/α-hetero) is 1. The van der Waals surface area contributed by atoms with E-state index in [1.807, 2.05) is 6.20 Å². The van der Waals surface area contributed by atoms with E-state index in [1.54, 1.807) is 25.8 Å². The predicted octanol–water partition coefficient (Wildman–Crippen LogP) is 4.48. The van der Waals surface area contributed by atoms with Gasteiger partial charge in [-0.3, -0.25) is 9.78 Å². The molecule has 5 heteroatoms. The molecular weight excluding hydrogens is 370 g/mol. The van der Waals surface area contributed by atoms with Gasteiger partial charge in [-0.25, -0.2) is 0 Å². The lowest BCUT2D eigenvalue weighted by Gasteiger charge is -2.36. The molecule has 0 radical (unpaired) electrons. The lowest BCUT2D eigenvalue weighted by Crippen LogP contribution is -2.50. The number of carbonyl (C=O) groups is 1. The van der Waals surface area contributed by atoms with Crippen LogP contribution in [0, 0.1) is 17.8 Å². The van der Waals surface area contributed by atoms with Gasteiger partial charge in [0.15, 0.2) is 5.78 Å². The molecule has 28 heavy (non-hydrogen) atoms. The molecule has 1 aromatic heterocycles. The van der Waals surface area contributed by atoms with Gasteiger partial charge in [0.25, 0.3) is 0 Å². The maximum absolute atomic E-state index is 12.8. The first-order valence-electron chi connectivity index (χ1n) is 10.6. The normalized spacial score (nSPS) is 21.9. The minimum absolute atomic E-state index is 0.0637. The Kier molecular flexibility index (Phi) is 7.57. The van der Waals surface area contributed by atoms with Gasteiger partial charge in [0, 0.05) is 31.3 Å². The van der Waals surface area contributed by atoms with Crippen molar-refractivity contribution in [2.24, 2.45) is 17.8 Å². The highest BCUT2D eigenvalue weighted by molar-refractivity contribution is 7.98. The van der Waals surface area contributed by atoms with Crippen molar-refractivity contribution < 1.29 is 14.3 Å². The summed E-state index contributed by atoms with van der Waals surface area (Å²) in [7, 11) is 1.60. The summed E-state index contributed by atoms with van der Waals surface area (Å²) in [6.45, 7) is 3.88. The molecule has 2 unspecified atom stereocenters. The second-order valence-electron chi connectivity index (χ2n) is 8.72. The van der Waals surface area contributed by atoms with Crippen molar-refractivity contribution in [2.45, 2.75) is 64.4 Å². The van der Waals surface area contributed by atoms with E-state index in [4.69, 9.17) is 14.5 Å². The van der Waals surface area contributed by atoms with Crippen LogP contribution < -0.4 is 0 Å². The van der Waals surface area contributed by atoms with E-state index in [0.717, 1.165) is 36.1 Å². The Morgan fingerprint density at radius 1 is 1.32 bits per heavy atom. The van der Waals surface area contributed by atoms with E-state index in [9.17, 15) is 4.79 Å². The topological polar surface area (TPSA) is 48.4 Å². The van der Waals surface area contributed by atoms with E-state index in [0.29, 0.717) is 6.42 Å². The summed E-state index contributed by atoms with van der Waals surface area (Å²) < 4.78 is 11.3. The first kappa shape index (κ1) is 21.8. The summed E-state index contributed by atoms with van der Waals surface area (Å²) in [4.78, 5) is 17.6. The number of ketones is 1. The van der Waals surface area contributed by atoms with Gasteiger partial charge in [-0.05, 0) is 67.2 Å². The Morgan fingerprint density at radius 3 is 2.71 bits per heavy atom. The van der Waals surface area contributed by atoms with Crippen molar-refractivity contribution in [3.8, 4) is 0 Å². The Bertz CT molecular complexity index is 676. The maximum atomic E-state index is 12.8. The number of ether oxygens (including phenoxy) is 2. The molecular formula is C23H35NO3S. The second kappa shape index (κ2) is 9.73. The molecule has 1 heterocycles.